The maximum Gasteiger partial charge on any atom is 0.251 e. The van der Waals surface area contributed by atoms with Crippen molar-refractivity contribution in [3.63, 3.8) is 0 Å². The van der Waals surface area contributed by atoms with Crippen LogP contribution in [0.25, 0.3) is 10.2 Å². The third-order valence-electron chi connectivity index (χ3n) is 4.44. The van der Waals surface area contributed by atoms with Gasteiger partial charge < -0.3 is 10.6 Å². The molecule has 9 heteroatoms. The summed E-state index contributed by atoms with van der Waals surface area (Å²) in [5, 5.41) is 6.84. The van der Waals surface area contributed by atoms with Crippen LogP contribution in [0.3, 0.4) is 0 Å². The Morgan fingerprint density at radius 1 is 1.03 bits per heavy atom. The van der Waals surface area contributed by atoms with E-state index in [1.54, 1.807) is 25.2 Å². The fraction of sp³-hybridized carbons (Fsp3) is 0.300. The molecule has 29 heavy (non-hydrogen) atoms. The van der Waals surface area contributed by atoms with Gasteiger partial charge in [-0.1, -0.05) is 37.3 Å². The van der Waals surface area contributed by atoms with Gasteiger partial charge in [0, 0.05) is 31.7 Å². The minimum absolute atomic E-state index is 0.190. The minimum Gasteiger partial charge on any atom is -0.360 e. The summed E-state index contributed by atoms with van der Waals surface area (Å²) in [6.07, 6.45) is 0. The second-order valence-electron chi connectivity index (χ2n) is 6.28. The first-order valence-corrected chi connectivity index (χ1v) is 11.7. The topological polar surface area (TPSA) is 91.4 Å². The average molecular weight is 433 g/mol. The molecule has 0 spiro atoms. The van der Waals surface area contributed by atoms with Crippen LogP contribution in [-0.4, -0.2) is 49.8 Å². The maximum atomic E-state index is 12.5. The zero-order valence-electron chi connectivity index (χ0n) is 16.4. The number of rotatable bonds is 9. The highest BCUT2D eigenvalue weighted by molar-refractivity contribution is 7.89. The first kappa shape index (κ1) is 21.2. The van der Waals surface area contributed by atoms with Gasteiger partial charge in [-0.2, -0.15) is 4.31 Å². The number of para-hydroxylation sites is 1. The monoisotopic (exact) mass is 432 g/mol. The Bertz CT molecular complexity index is 1040. The molecular formula is C20H24N4O3S2. The van der Waals surface area contributed by atoms with Crippen molar-refractivity contribution in [1.82, 2.24) is 14.6 Å². The Morgan fingerprint density at radius 3 is 2.38 bits per heavy atom. The van der Waals surface area contributed by atoms with Crippen LogP contribution in [0.5, 0.6) is 0 Å². The molecule has 1 aromatic heterocycles. The number of benzene rings is 2. The molecular weight excluding hydrogens is 408 g/mol. The molecule has 0 fully saturated rings. The summed E-state index contributed by atoms with van der Waals surface area (Å²) in [6.45, 7) is 5.37. The third kappa shape index (κ3) is 4.92. The molecule has 2 aromatic carbocycles. The summed E-state index contributed by atoms with van der Waals surface area (Å²) < 4.78 is 27.5. The average Bonchev–Trinajstić information content (AvgIpc) is 3.14. The van der Waals surface area contributed by atoms with E-state index in [0.29, 0.717) is 31.7 Å². The largest absolute Gasteiger partial charge is 0.360 e. The number of carbonyl (C=O) groups is 1. The molecule has 0 aliphatic carbocycles. The predicted molar refractivity (Wildman–Crippen MR) is 117 cm³/mol. The Balaban J connectivity index is 1.53. The fourth-order valence-corrected chi connectivity index (χ4v) is 5.24. The lowest BCUT2D eigenvalue weighted by Crippen LogP contribution is -2.31. The Labute approximate surface area is 174 Å². The minimum atomic E-state index is -3.52. The van der Waals surface area contributed by atoms with E-state index in [-0.39, 0.29) is 10.8 Å². The van der Waals surface area contributed by atoms with Crippen molar-refractivity contribution in [1.29, 1.82) is 0 Å². The van der Waals surface area contributed by atoms with Crippen LogP contribution in [0.15, 0.2) is 53.4 Å². The molecule has 3 rings (SSSR count). The van der Waals surface area contributed by atoms with Gasteiger partial charge >= 0.3 is 0 Å². The van der Waals surface area contributed by atoms with Gasteiger partial charge in [0.2, 0.25) is 10.0 Å². The second-order valence-corrected chi connectivity index (χ2v) is 9.25. The van der Waals surface area contributed by atoms with Crippen LogP contribution in [0.2, 0.25) is 0 Å². The Kier molecular flexibility index (Phi) is 6.83. The van der Waals surface area contributed by atoms with E-state index >= 15 is 0 Å². The smallest absolute Gasteiger partial charge is 0.251 e. The number of aromatic nitrogens is 1. The standard InChI is InChI=1S/C20H24N4O3S2/c1-3-24(4-2)29(26,27)16-11-9-15(10-12-16)19(25)21-13-14-22-20-23-17-7-5-6-8-18(17)28-20/h5-12H,3-4,13-14H2,1-2H3,(H,21,25)(H,22,23). The zero-order chi connectivity index (χ0) is 20.9. The first-order valence-electron chi connectivity index (χ1n) is 9.43. The van der Waals surface area contributed by atoms with Crippen molar-refractivity contribution in [3.8, 4) is 0 Å². The van der Waals surface area contributed by atoms with Crippen molar-refractivity contribution in [3.05, 3.63) is 54.1 Å². The van der Waals surface area contributed by atoms with Gasteiger partial charge in [-0.25, -0.2) is 13.4 Å². The molecule has 2 N–H and O–H groups in total. The molecule has 0 saturated heterocycles. The number of hydrogen-bond donors (Lipinski definition) is 2. The summed E-state index contributed by atoms with van der Waals surface area (Å²) in [5.41, 5.74) is 1.37. The number of nitrogens with one attached hydrogen (secondary N) is 2. The van der Waals surface area contributed by atoms with Crippen LogP contribution < -0.4 is 10.6 Å². The van der Waals surface area contributed by atoms with Gasteiger partial charge in [-0.05, 0) is 36.4 Å². The van der Waals surface area contributed by atoms with E-state index in [4.69, 9.17) is 0 Å². The highest BCUT2D eigenvalue weighted by atomic mass is 32.2. The van der Waals surface area contributed by atoms with E-state index in [9.17, 15) is 13.2 Å². The van der Waals surface area contributed by atoms with Crippen LogP contribution >= 0.6 is 11.3 Å². The fourth-order valence-electron chi connectivity index (χ4n) is 2.89. The van der Waals surface area contributed by atoms with Crippen molar-refractivity contribution >= 4 is 42.6 Å². The highest BCUT2D eigenvalue weighted by Crippen LogP contribution is 2.25. The Hall–Kier alpha value is -2.49. The van der Waals surface area contributed by atoms with Crippen molar-refractivity contribution in [2.24, 2.45) is 0 Å². The predicted octanol–water partition coefficient (Wildman–Crippen LogP) is 3.17. The molecule has 0 bridgehead atoms. The van der Waals surface area contributed by atoms with Gasteiger partial charge in [0.05, 0.1) is 15.1 Å². The van der Waals surface area contributed by atoms with E-state index < -0.39 is 10.0 Å². The maximum absolute atomic E-state index is 12.5. The van der Waals surface area contributed by atoms with Gasteiger partial charge in [-0.15, -0.1) is 0 Å². The number of carbonyl (C=O) groups excluding carboxylic acids is 1. The molecule has 154 valence electrons. The number of anilines is 1. The molecule has 0 atom stereocenters. The van der Waals surface area contributed by atoms with Crippen molar-refractivity contribution in [2.45, 2.75) is 18.7 Å². The number of nitrogens with zero attached hydrogens (tertiary/aromatic N) is 2. The van der Waals surface area contributed by atoms with Crippen LogP contribution in [0.4, 0.5) is 5.13 Å². The summed E-state index contributed by atoms with van der Waals surface area (Å²) in [7, 11) is -3.52. The molecule has 1 heterocycles. The molecule has 0 radical (unpaired) electrons. The van der Waals surface area contributed by atoms with Gasteiger partial charge in [-0.3, -0.25) is 4.79 Å². The van der Waals surface area contributed by atoms with E-state index in [2.05, 4.69) is 15.6 Å². The van der Waals surface area contributed by atoms with Gasteiger partial charge in [0.25, 0.3) is 5.91 Å². The molecule has 7 nitrogen and oxygen atoms in total. The number of thiazole rings is 1. The van der Waals surface area contributed by atoms with Gasteiger partial charge in [0.15, 0.2) is 5.13 Å². The van der Waals surface area contributed by atoms with Crippen molar-refractivity contribution in [2.75, 3.05) is 31.5 Å². The quantitative estimate of drug-likeness (QED) is 0.507. The number of fused-ring (bicyclic) bond motifs is 1. The second kappa shape index (κ2) is 9.34. The number of sulfonamides is 1. The molecule has 3 aromatic rings. The first-order chi connectivity index (χ1) is 14.0. The lowest BCUT2D eigenvalue weighted by molar-refractivity contribution is 0.0955. The number of hydrogen-bond acceptors (Lipinski definition) is 6. The van der Waals surface area contributed by atoms with E-state index in [1.165, 1.54) is 28.6 Å². The lowest BCUT2D eigenvalue weighted by atomic mass is 10.2. The third-order valence-corrected chi connectivity index (χ3v) is 7.50. The highest BCUT2D eigenvalue weighted by Gasteiger charge is 2.21. The zero-order valence-corrected chi connectivity index (χ0v) is 18.0. The van der Waals surface area contributed by atoms with Gasteiger partial charge in [0.1, 0.15) is 0 Å². The molecule has 0 unspecified atom stereocenters. The van der Waals surface area contributed by atoms with Crippen LogP contribution in [0.1, 0.15) is 24.2 Å². The molecule has 1 amide bonds. The molecule has 0 aliphatic heterocycles. The van der Waals surface area contributed by atoms with E-state index in [1.807, 2.05) is 24.3 Å². The van der Waals surface area contributed by atoms with E-state index in [0.717, 1.165) is 15.3 Å². The van der Waals surface area contributed by atoms with Crippen molar-refractivity contribution < 1.29 is 13.2 Å². The van der Waals surface area contributed by atoms with Crippen LogP contribution in [-0.2, 0) is 10.0 Å². The summed E-state index contributed by atoms with van der Waals surface area (Å²) in [6, 6.07) is 13.9. The summed E-state index contributed by atoms with van der Waals surface area (Å²) in [5.74, 6) is -0.247. The normalized spacial score (nSPS) is 11.7. The Morgan fingerprint density at radius 2 is 1.72 bits per heavy atom. The molecule has 0 aliphatic rings. The summed E-state index contributed by atoms with van der Waals surface area (Å²) >= 11 is 1.57. The van der Waals surface area contributed by atoms with Crippen LogP contribution in [0, 0.1) is 0 Å². The SMILES string of the molecule is CCN(CC)S(=O)(=O)c1ccc(C(=O)NCCNc2nc3ccccc3s2)cc1. The molecule has 0 saturated carbocycles. The lowest BCUT2D eigenvalue weighted by Gasteiger charge is -2.18. The summed E-state index contributed by atoms with van der Waals surface area (Å²) in [4.78, 5) is 17.0. The number of amides is 1.